The number of rotatable bonds is 4. The Bertz CT molecular complexity index is 1970. The van der Waals surface area contributed by atoms with E-state index in [1.165, 1.54) is 32.9 Å². The molecule has 0 spiro atoms. The Morgan fingerprint density at radius 1 is 0.754 bits per heavy atom. The van der Waals surface area contributed by atoms with Gasteiger partial charge in [0, 0.05) is 39.4 Å². The van der Waals surface area contributed by atoms with Crippen LogP contribution >= 0.6 is 11.8 Å². The number of esters is 1. The number of fused-ring (bicyclic) bond motifs is 10. The van der Waals surface area contributed by atoms with Crippen LogP contribution in [0.2, 0.25) is 0 Å². The first kappa shape index (κ1) is 41.1. The van der Waals surface area contributed by atoms with E-state index >= 15 is 22.4 Å². The zero-order valence-corrected chi connectivity index (χ0v) is 33.7. The first-order valence-electron chi connectivity index (χ1n) is 20.0. The molecule has 57 heavy (non-hydrogen) atoms. The van der Waals surface area contributed by atoms with E-state index in [0.29, 0.717) is 0 Å². The number of thioether (sulfide) groups is 1. The molecular formula is C43H51F5O8S. The number of aliphatic hydroxyl groups excluding tert-OH is 2. The van der Waals surface area contributed by atoms with Crippen molar-refractivity contribution < 1.29 is 61.2 Å². The minimum Gasteiger partial charge on any atom is -0.447 e. The molecule has 0 saturated heterocycles. The molecule has 0 heterocycles. The van der Waals surface area contributed by atoms with Gasteiger partial charge in [-0.05, 0) is 117 Å². The summed E-state index contributed by atoms with van der Waals surface area (Å²) in [5.41, 5.74) is -16.7. The van der Waals surface area contributed by atoms with E-state index < -0.39 is 159 Å². The van der Waals surface area contributed by atoms with Gasteiger partial charge < -0.3 is 20.1 Å². The molecule has 0 aromatic carbocycles. The second-order valence-corrected chi connectivity index (χ2v) is 20.3. The molecule has 3 N–H and O–H groups in total. The van der Waals surface area contributed by atoms with E-state index in [0.717, 1.165) is 24.3 Å². The number of ketones is 2. The van der Waals surface area contributed by atoms with Crippen molar-refractivity contribution in [1.82, 2.24) is 0 Å². The van der Waals surface area contributed by atoms with Crippen molar-refractivity contribution in [3.63, 3.8) is 0 Å². The zero-order valence-electron chi connectivity index (χ0n) is 32.9. The van der Waals surface area contributed by atoms with Crippen molar-refractivity contribution in [1.29, 1.82) is 0 Å². The van der Waals surface area contributed by atoms with Crippen molar-refractivity contribution in [3.05, 3.63) is 47.6 Å². The second kappa shape index (κ2) is 12.4. The summed E-state index contributed by atoms with van der Waals surface area (Å²) < 4.78 is 88.7. The van der Waals surface area contributed by atoms with Crippen LogP contribution in [-0.2, 0) is 23.9 Å². The molecule has 0 aromatic heterocycles. The molecule has 6 saturated carbocycles. The van der Waals surface area contributed by atoms with Gasteiger partial charge in [-0.2, -0.15) is 0 Å². The highest BCUT2D eigenvalue weighted by Crippen LogP contribution is 2.74. The molecule has 6 fully saturated rings. The van der Waals surface area contributed by atoms with Crippen molar-refractivity contribution in [2.24, 2.45) is 57.2 Å². The summed E-state index contributed by atoms with van der Waals surface area (Å²) in [5, 5.41) is 35.7. The number of allylic oxidation sites excluding steroid dienone is 8. The first-order valence-corrected chi connectivity index (χ1v) is 21.0. The summed E-state index contributed by atoms with van der Waals surface area (Å²) in [4.78, 5) is 54.1. The number of aliphatic hydroxyl groups is 3. The van der Waals surface area contributed by atoms with Crippen LogP contribution in [0, 0.1) is 57.2 Å². The third kappa shape index (κ3) is 4.57. The minimum absolute atomic E-state index is 0.00122. The lowest BCUT2D eigenvalue weighted by Crippen LogP contribution is -2.72. The lowest BCUT2D eigenvalue weighted by Gasteiger charge is -2.63. The van der Waals surface area contributed by atoms with Crippen LogP contribution in [0.15, 0.2) is 47.6 Å². The van der Waals surface area contributed by atoms with E-state index in [-0.39, 0.29) is 35.7 Å². The Hall–Kier alpha value is -2.68. The van der Waals surface area contributed by atoms with E-state index in [9.17, 15) is 34.1 Å². The van der Waals surface area contributed by atoms with Crippen LogP contribution in [0.25, 0.3) is 0 Å². The van der Waals surface area contributed by atoms with Gasteiger partial charge in [-0.25, -0.2) is 26.7 Å². The van der Waals surface area contributed by atoms with E-state index in [4.69, 9.17) is 4.74 Å². The third-order valence-corrected chi connectivity index (χ3v) is 18.1. The molecule has 0 aliphatic heterocycles. The molecule has 8 rings (SSSR count). The molecule has 0 amide bonds. The predicted octanol–water partition coefficient (Wildman–Crippen LogP) is 6.32. The second-order valence-electron chi connectivity index (χ2n) is 19.4. The van der Waals surface area contributed by atoms with Gasteiger partial charge in [0.05, 0.1) is 12.2 Å². The quantitative estimate of drug-likeness (QED) is 0.220. The number of carbonyl (C=O) groups excluding carboxylic acids is 4. The van der Waals surface area contributed by atoms with E-state index in [1.54, 1.807) is 20.8 Å². The summed E-state index contributed by atoms with van der Waals surface area (Å²) >= 11 is 0.226. The Morgan fingerprint density at radius 2 is 1.19 bits per heavy atom. The van der Waals surface area contributed by atoms with Gasteiger partial charge in [-0.15, -0.1) is 0 Å². The molecule has 18 atom stereocenters. The summed E-state index contributed by atoms with van der Waals surface area (Å²) in [6.45, 7) is 9.05. The van der Waals surface area contributed by atoms with Crippen molar-refractivity contribution in [3.8, 4) is 0 Å². The van der Waals surface area contributed by atoms with E-state index in [2.05, 4.69) is 0 Å². The van der Waals surface area contributed by atoms with Crippen LogP contribution in [0.4, 0.5) is 22.0 Å². The molecular weight excluding hydrogens is 772 g/mol. The molecule has 8 nitrogen and oxygen atoms in total. The fourth-order valence-corrected chi connectivity index (χ4v) is 15.4. The Labute approximate surface area is 332 Å². The van der Waals surface area contributed by atoms with Crippen molar-refractivity contribution in [2.45, 2.75) is 127 Å². The SMILES string of the molecule is C[C@@H]1C[C@H]2[C@@H]3C[C@H](F)C4=CC(=O)C=C[C@]4(C)[C@@]3(F)[C@@H](O)C[C@]2(C)[C@@]1(O)C(=O)O[C@]1(C(=O)SCF)[C@H](C)C[C@H]2[C@@H]3C[C@H](F)C4=CC(=O)C=C[C@]4(C)[C@@]3(F)[C@@H](O)C[C@@]21C. The molecule has 0 unspecified atom stereocenters. The van der Waals surface area contributed by atoms with Crippen LogP contribution in [0.1, 0.15) is 80.1 Å². The summed E-state index contributed by atoms with van der Waals surface area (Å²) in [6, 6.07) is -1.23. The summed E-state index contributed by atoms with van der Waals surface area (Å²) in [6.07, 6.45) is -2.14. The number of alkyl halides is 5. The molecule has 312 valence electrons. The monoisotopic (exact) mass is 822 g/mol. The largest absolute Gasteiger partial charge is 0.447 e. The standard InChI is InChI=1S/C43H51F5O8S/c1-20-11-24-26-15-30(45)28-13-22(49)7-9-36(28,3)40(26,47)32(51)17-38(24,5)42(20,55)34(53)56-43(35(54)57-19-44)21(2)12-25-27-16-31(46)29-14-23(50)8-10-37(29,4)41(27,48)33(52)18-39(25,43)6/h7-10,13-14,20-21,24-27,30-33,51-52,55H,11-12,15-19H2,1-6H3/t20-,21-,24+,25+,26+,27+,30+,31+,32+,33+,36+,37+,38+,39+,40+,41+,42+,43+/m1/s1. The predicted molar refractivity (Wildman–Crippen MR) is 199 cm³/mol. The maximum Gasteiger partial charge on any atom is 0.340 e. The average Bonchev–Trinajstić information content (AvgIpc) is 3.48. The highest BCUT2D eigenvalue weighted by atomic mass is 32.2. The molecule has 0 aromatic rings. The highest BCUT2D eigenvalue weighted by Gasteiger charge is 2.81. The maximum absolute atomic E-state index is 18.0. The van der Waals surface area contributed by atoms with Crippen molar-refractivity contribution in [2.75, 3.05) is 6.01 Å². The third-order valence-electron chi connectivity index (χ3n) is 17.4. The molecule has 0 bridgehead atoms. The van der Waals surface area contributed by atoms with Crippen LogP contribution in [-0.4, -0.2) is 91.1 Å². The Morgan fingerprint density at radius 3 is 1.67 bits per heavy atom. The van der Waals surface area contributed by atoms with Crippen LogP contribution in [0.5, 0.6) is 0 Å². The van der Waals surface area contributed by atoms with Gasteiger partial charge in [-0.3, -0.25) is 14.4 Å². The van der Waals surface area contributed by atoms with Crippen LogP contribution < -0.4 is 0 Å². The Balaban J connectivity index is 1.19. The topological polar surface area (TPSA) is 138 Å². The number of ether oxygens (including phenoxy) is 1. The summed E-state index contributed by atoms with van der Waals surface area (Å²) in [7, 11) is 0. The number of carbonyl (C=O) groups is 4. The lowest BCUT2D eigenvalue weighted by atomic mass is 9.44. The van der Waals surface area contributed by atoms with Crippen LogP contribution in [0.3, 0.4) is 0 Å². The number of halogens is 5. The van der Waals surface area contributed by atoms with Gasteiger partial charge in [0.1, 0.15) is 18.3 Å². The fraction of sp³-hybridized carbons (Fsp3) is 0.721. The Kier molecular flexibility index (Phi) is 8.96. The number of hydrogen-bond acceptors (Lipinski definition) is 9. The molecule has 0 radical (unpaired) electrons. The van der Waals surface area contributed by atoms with E-state index in [1.807, 2.05) is 0 Å². The summed E-state index contributed by atoms with van der Waals surface area (Å²) in [5.74, 6) is -8.56. The number of hydrogen-bond donors (Lipinski definition) is 3. The smallest absolute Gasteiger partial charge is 0.340 e. The lowest BCUT2D eigenvalue weighted by molar-refractivity contribution is -0.250. The minimum atomic E-state index is -2.52. The maximum atomic E-state index is 18.0. The highest BCUT2D eigenvalue weighted by molar-refractivity contribution is 8.13. The fourth-order valence-electron chi connectivity index (χ4n) is 14.6. The average molecular weight is 823 g/mol. The van der Waals surface area contributed by atoms with Gasteiger partial charge in [0.15, 0.2) is 34.1 Å². The van der Waals surface area contributed by atoms with Gasteiger partial charge >= 0.3 is 5.97 Å². The van der Waals surface area contributed by atoms with Crippen molar-refractivity contribution >= 4 is 34.4 Å². The molecule has 8 aliphatic rings. The molecule has 8 aliphatic carbocycles. The van der Waals surface area contributed by atoms with Gasteiger partial charge in [-0.1, -0.05) is 39.8 Å². The first-order chi connectivity index (χ1) is 26.4. The van der Waals surface area contributed by atoms with Gasteiger partial charge in [0.2, 0.25) is 5.12 Å². The van der Waals surface area contributed by atoms with Gasteiger partial charge in [0.25, 0.3) is 0 Å². The normalized spacial score (nSPS) is 54.7. The zero-order chi connectivity index (χ0) is 41.8. The molecule has 14 heteroatoms.